The van der Waals surface area contributed by atoms with Gasteiger partial charge in [0, 0.05) is 31.0 Å². The number of nitrogens with zero attached hydrogens (tertiary/aromatic N) is 1. The highest BCUT2D eigenvalue weighted by Crippen LogP contribution is 2.25. The Balaban J connectivity index is 1.89. The number of likely N-dealkylation sites (tertiary alicyclic amines) is 1. The molecule has 3 unspecified atom stereocenters. The number of hydrogen-bond acceptors (Lipinski definition) is 3. The molecule has 0 spiro atoms. The summed E-state index contributed by atoms with van der Waals surface area (Å²) in [6.45, 7) is 8.34. The molecule has 3 atom stereocenters. The monoisotopic (exact) mass is 310 g/mol. The Morgan fingerprint density at radius 3 is 2.45 bits per heavy atom. The van der Waals surface area contributed by atoms with Crippen molar-refractivity contribution in [2.45, 2.75) is 71.4 Å². The molecule has 1 heterocycles. The lowest BCUT2D eigenvalue weighted by molar-refractivity contribution is -0.137. The van der Waals surface area contributed by atoms with Crippen molar-refractivity contribution in [3.8, 4) is 0 Å². The predicted molar refractivity (Wildman–Crippen MR) is 89.6 cm³/mol. The number of aliphatic hydroxyl groups excluding tert-OH is 1. The van der Waals surface area contributed by atoms with E-state index in [1.807, 2.05) is 25.7 Å². The van der Waals surface area contributed by atoms with Crippen LogP contribution in [0, 0.1) is 17.8 Å². The Morgan fingerprint density at radius 1 is 1.18 bits per heavy atom. The highest BCUT2D eigenvalue weighted by Gasteiger charge is 2.33. The summed E-state index contributed by atoms with van der Waals surface area (Å²) in [5.41, 5.74) is 0. The smallest absolute Gasteiger partial charge is 0.225 e. The Hall–Kier alpha value is -0.610. The lowest BCUT2D eigenvalue weighted by atomic mass is 9.87. The van der Waals surface area contributed by atoms with Gasteiger partial charge in [-0.05, 0) is 38.6 Å². The fourth-order valence-corrected chi connectivity index (χ4v) is 3.91. The van der Waals surface area contributed by atoms with Gasteiger partial charge in [-0.2, -0.15) is 0 Å². The SMILES string of the molecule is CC(C)C(=O)N1CC(NCC2CCCCC2)CC(C(C)O)C1. The first kappa shape index (κ1) is 17.7. The van der Waals surface area contributed by atoms with Crippen LogP contribution < -0.4 is 5.32 Å². The van der Waals surface area contributed by atoms with Crippen LogP contribution in [0.1, 0.15) is 59.3 Å². The van der Waals surface area contributed by atoms with Gasteiger partial charge in [0.1, 0.15) is 0 Å². The fraction of sp³-hybridized carbons (Fsp3) is 0.944. The van der Waals surface area contributed by atoms with Crippen LogP contribution in [0.2, 0.25) is 0 Å². The first-order valence-corrected chi connectivity index (χ1v) is 9.17. The van der Waals surface area contributed by atoms with Crippen LogP contribution in [0.25, 0.3) is 0 Å². The molecule has 2 N–H and O–H groups in total. The molecule has 2 aliphatic rings. The van der Waals surface area contributed by atoms with Gasteiger partial charge < -0.3 is 15.3 Å². The highest BCUT2D eigenvalue weighted by molar-refractivity contribution is 5.78. The number of amides is 1. The van der Waals surface area contributed by atoms with Gasteiger partial charge >= 0.3 is 0 Å². The Bertz CT molecular complexity index is 351. The minimum atomic E-state index is -0.346. The van der Waals surface area contributed by atoms with Crippen molar-refractivity contribution in [1.29, 1.82) is 0 Å². The fourth-order valence-electron chi connectivity index (χ4n) is 3.91. The molecular formula is C18H34N2O2. The molecule has 0 aromatic rings. The van der Waals surface area contributed by atoms with E-state index in [2.05, 4.69) is 5.32 Å². The van der Waals surface area contributed by atoms with E-state index in [1.165, 1.54) is 32.1 Å². The predicted octanol–water partition coefficient (Wildman–Crippen LogP) is 2.41. The number of rotatable bonds is 5. The molecule has 22 heavy (non-hydrogen) atoms. The van der Waals surface area contributed by atoms with Crippen molar-refractivity contribution in [3.63, 3.8) is 0 Å². The van der Waals surface area contributed by atoms with Crippen LogP contribution in [-0.4, -0.2) is 47.7 Å². The molecule has 2 fully saturated rings. The van der Waals surface area contributed by atoms with E-state index in [-0.39, 0.29) is 23.8 Å². The summed E-state index contributed by atoms with van der Waals surface area (Å²) in [4.78, 5) is 14.3. The van der Waals surface area contributed by atoms with Crippen LogP contribution in [0.5, 0.6) is 0 Å². The minimum absolute atomic E-state index is 0.0340. The van der Waals surface area contributed by atoms with Crippen LogP contribution in [-0.2, 0) is 4.79 Å². The summed E-state index contributed by atoms with van der Waals surface area (Å²) in [5.74, 6) is 1.25. The molecule has 1 aliphatic heterocycles. The summed E-state index contributed by atoms with van der Waals surface area (Å²) in [6.07, 6.45) is 7.44. The van der Waals surface area contributed by atoms with Crippen molar-refractivity contribution >= 4 is 5.91 Å². The summed E-state index contributed by atoms with van der Waals surface area (Å²) < 4.78 is 0. The van der Waals surface area contributed by atoms with Gasteiger partial charge in [-0.25, -0.2) is 0 Å². The maximum absolute atomic E-state index is 12.3. The molecule has 0 aromatic carbocycles. The largest absolute Gasteiger partial charge is 0.393 e. The highest BCUT2D eigenvalue weighted by atomic mass is 16.3. The summed E-state index contributed by atoms with van der Waals surface area (Å²) >= 11 is 0. The Morgan fingerprint density at radius 2 is 1.86 bits per heavy atom. The second kappa shape index (κ2) is 8.30. The molecule has 0 aromatic heterocycles. The maximum atomic E-state index is 12.3. The number of hydrogen-bond donors (Lipinski definition) is 2. The van der Waals surface area contributed by atoms with Gasteiger partial charge in [0.05, 0.1) is 6.10 Å². The van der Waals surface area contributed by atoms with Crippen molar-refractivity contribution in [2.75, 3.05) is 19.6 Å². The molecule has 4 heteroatoms. The average Bonchev–Trinajstić information content (AvgIpc) is 2.52. The van der Waals surface area contributed by atoms with Crippen molar-refractivity contribution in [3.05, 3.63) is 0 Å². The third-order valence-electron chi connectivity index (χ3n) is 5.39. The first-order valence-electron chi connectivity index (χ1n) is 9.17. The van der Waals surface area contributed by atoms with Gasteiger partial charge in [-0.15, -0.1) is 0 Å². The van der Waals surface area contributed by atoms with Crippen LogP contribution in [0.4, 0.5) is 0 Å². The second-order valence-corrected chi connectivity index (χ2v) is 7.74. The normalized spacial score (nSPS) is 28.9. The molecule has 128 valence electrons. The summed E-state index contributed by atoms with van der Waals surface area (Å²) in [5, 5.41) is 13.7. The minimum Gasteiger partial charge on any atom is -0.393 e. The molecule has 1 saturated carbocycles. The molecule has 1 aliphatic carbocycles. The van der Waals surface area contributed by atoms with E-state index in [0.717, 1.165) is 25.4 Å². The number of carbonyl (C=O) groups excluding carboxylic acids is 1. The van der Waals surface area contributed by atoms with Crippen LogP contribution in [0.15, 0.2) is 0 Å². The number of aliphatic hydroxyl groups is 1. The van der Waals surface area contributed by atoms with Crippen molar-refractivity contribution in [1.82, 2.24) is 10.2 Å². The third-order valence-corrected chi connectivity index (χ3v) is 5.39. The second-order valence-electron chi connectivity index (χ2n) is 7.74. The van der Waals surface area contributed by atoms with E-state index >= 15 is 0 Å². The van der Waals surface area contributed by atoms with E-state index in [4.69, 9.17) is 0 Å². The molecule has 1 saturated heterocycles. The van der Waals surface area contributed by atoms with Gasteiger partial charge in [0.25, 0.3) is 0 Å². The molecule has 0 bridgehead atoms. The van der Waals surface area contributed by atoms with Gasteiger partial charge in [0.2, 0.25) is 5.91 Å². The van der Waals surface area contributed by atoms with Gasteiger partial charge in [-0.1, -0.05) is 33.1 Å². The molecule has 0 radical (unpaired) electrons. The first-order chi connectivity index (χ1) is 10.5. The Kier molecular flexibility index (Phi) is 6.69. The number of carbonyl (C=O) groups is 1. The standard InChI is InChI=1S/C18H34N2O2/c1-13(2)18(22)20-11-16(14(3)21)9-17(12-20)19-10-15-7-5-4-6-8-15/h13-17,19,21H,4-12H2,1-3H3. The number of nitrogens with one attached hydrogen (secondary N) is 1. The topological polar surface area (TPSA) is 52.6 Å². The van der Waals surface area contributed by atoms with Crippen LogP contribution in [0.3, 0.4) is 0 Å². The third kappa shape index (κ3) is 4.95. The molecule has 4 nitrogen and oxygen atoms in total. The van der Waals surface area contributed by atoms with E-state index in [0.29, 0.717) is 12.6 Å². The van der Waals surface area contributed by atoms with Crippen molar-refractivity contribution < 1.29 is 9.90 Å². The van der Waals surface area contributed by atoms with Crippen molar-refractivity contribution in [2.24, 2.45) is 17.8 Å². The van der Waals surface area contributed by atoms with E-state index in [1.54, 1.807) is 0 Å². The number of piperidine rings is 1. The zero-order valence-corrected chi connectivity index (χ0v) is 14.6. The molecular weight excluding hydrogens is 276 g/mol. The van der Waals surface area contributed by atoms with E-state index < -0.39 is 0 Å². The molecule has 2 rings (SSSR count). The van der Waals surface area contributed by atoms with E-state index in [9.17, 15) is 9.90 Å². The van der Waals surface area contributed by atoms with Gasteiger partial charge in [-0.3, -0.25) is 4.79 Å². The maximum Gasteiger partial charge on any atom is 0.225 e. The average molecular weight is 310 g/mol. The lowest BCUT2D eigenvalue weighted by Gasteiger charge is -2.40. The summed E-state index contributed by atoms with van der Waals surface area (Å²) in [6, 6.07) is 0.331. The van der Waals surface area contributed by atoms with Crippen LogP contribution >= 0.6 is 0 Å². The van der Waals surface area contributed by atoms with Gasteiger partial charge in [0.15, 0.2) is 0 Å². The zero-order valence-electron chi connectivity index (χ0n) is 14.6. The zero-order chi connectivity index (χ0) is 16.1. The Labute approximate surface area is 135 Å². The lowest BCUT2D eigenvalue weighted by Crippen LogP contribution is -2.54. The molecule has 1 amide bonds. The summed E-state index contributed by atoms with van der Waals surface area (Å²) in [7, 11) is 0. The quantitative estimate of drug-likeness (QED) is 0.820.